The lowest BCUT2D eigenvalue weighted by Crippen LogP contribution is -2.28. The molecule has 17 heavy (non-hydrogen) atoms. The Bertz CT molecular complexity index is 370. The van der Waals surface area contributed by atoms with Gasteiger partial charge in [0, 0.05) is 31.6 Å². The molecule has 6 nitrogen and oxygen atoms in total. The molecule has 6 heteroatoms. The fourth-order valence-corrected chi connectivity index (χ4v) is 1.37. The van der Waals surface area contributed by atoms with Crippen molar-refractivity contribution in [2.24, 2.45) is 11.5 Å². The summed E-state index contributed by atoms with van der Waals surface area (Å²) in [5.41, 5.74) is 12.0. The van der Waals surface area contributed by atoms with Crippen LogP contribution in [0.3, 0.4) is 0 Å². The largest absolute Gasteiger partial charge is 0.385 e. The summed E-state index contributed by atoms with van der Waals surface area (Å²) in [7, 11) is 1.62. The van der Waals surface area contributed by atoms with E-state index in [1.165, 1.54) is 6.20 Å². The Balaban J connectivity index is 2.41. The van der Waals surface area contributed by atoms with Gasteiger partial charge >= 0.3 is 0 Å². The maximum atomic E-state index is 10.9. The van der Waals surface area contributed by atoms with Crippen molar-refractivity contribution >= 4 is 11.6 Å². The monoisotopic (exact) mass is 238 g/mol. The van der Waals surface area contributed by atoms with Gasteiger partial charge in [-0.25, -0.2) is 0 Å². The Morgan fingerprint density at radius 1 is 1.65 bits per heavy atom. The van der Waals surface area contributed by atoms with E-state index in [0.717, 1.165) is 12.1 Å². The lowest BCUT2D eigenvalue weighted by Gasteiger charge is -2.11. The van der Waals surface area contributed by atoms with Crippen LogP contribution in [0.25, 0.3) is 0 Å². The third-order valence-electron chi connectivity index (χ3n) is 2.24. The lowest BCUT2D eigenvalue weighted by molar-refractivity contribution is 0.0995. The van der Waals surface area contributed by atoms with Crippen molar-refractivity contribution < 1.29 is 9.53 Å². The molecule has 1 heterocycles. The molecule has 0 saturated carbocycles. The highest BCUT2D eigenvalue weighted by Crippen LogP contribution is 2.07. The molecule has 0 aromatic carbocycles. The van der Waals surface area contributed by atoms with Gasteiger partial charge in [-0.15, -0.1) is 0 Å². The van der Waals surface area contributed by atoms with Gasteiger partial charge in [0.25, 0.3) is 5.91 Å². The summed E-state index contributed by atoms with van der Waals surface area (Å²) in [4.78, 5) is 14.8. The first-order chi connectivity index (χ1) is 8.13. The van der Waals surface area contributed by atoms with Gasteiger partial charge in [0.05, 0.1) is 6.61 Å². The Kier molecular flexibility index (Phi) is 5.38. The van der Waals surface area contributed by atoms with Crippen LogP contribution in [0.5, 0.6) is 0 Å². The number of nitrogens with one attached hydrogen (secondary N) is 1. The van der Waals surface area contributed by atoms with Crippen molar-refractivity contribution in [3.05, 3.63) is 24.0 Å². The van der Waals surface area contributed by atoms with E-state index >= 15 is 0 Å². The number of anilines is 1. The average molecular weight is 238 g/mol. The van der Waals surface area contributed by atoms with Crippen molar-refractivity contribution in [1.29, 1.82) is 0 Å². The first-order valence-electron chi connectivity index (χ1n) is 5.37. The van der Waals surface area contributed by atoms with Crippen molar-refractivity contribution in [3.8, 4) is 0 Å². The van der Waals surface area contributed by atoms with Crippen LogP contribution in [0.1, 0.15) is 16.9 Å². The number of nitrogens with two attached hydrogens (primary N) is 2. The molecule has 1 rings (SSSR count). The zero-order valence-electron chi connectivity index (χ0n) is 9.85. The van der Waals surface area contributed by atoms with Gasteiger partial charge < -0.3 is 21.5 Å². The van der Waals surface area contributed by atoms with E-state index in [4.69, 9.17) is 16.2 Å². The lowest BCUT2D eigenvalue weighted by atomic mass is 10.2. The smallest absolute Gasteiger partial charge is 0.267 e. The van der Waals surface area contributed by atoms with Crippen molar-refractivity contribution in [3.63, 3.8) is 0 Å². The highest BCUT2D eigenvalue weighted by atomic mass is 16.5. The van der Waals surface area contributed by atoms with Crippen molar-refractivity contribution in [1.82, 2.24) is 4.98 Å². The van der Waals surface area contributed by atoms with E-state index in [-0.39, 0.29) is 11.7 Å². The minimum Gasteiger partial charge on any atom is -0.385 e. The summed E-state index contributed by atoms with van der Waals surface area (Å²) in [6.07, 6.45) is 2.32. The third kappa shape index (κ3) is 4.80. The number of carbonyl (C=O) groups excluding carboxylic acids is 1. The second-order valence-corrected chi connectivity index (χ2v) is 3.72. The number of rotatable bonds is 7. The number of carbonyl (C=O) groups is 1. The van der Waals surface area contributed by atoms with E-state index in [1.807, 2.05) is 0 Å². The quantitative estimate of drug-likeness (QED) is 0.618. The Labute approximate surface area is 100 Å². The highest BCUT2D eigenvalue weighted by molar-refractivity contribution is 5.91. The van der Waals surface area contributed by atoms with E-state index in [1.54, 1.807) is 19.2 Å². The number of nitrogens with zero attached hydrogens (tertiary/aromatic N) is 1. The Hall–Kier alpha value is -1.66. The predicted molar refractivity (Wildman–Crippen MR) is 65.7 cm³/mol. The molecule has 0 aliphatic heterocycles. The van der Waals surface area contributed by atoms with E-state index in [2.05, 4.69) is 10.3 Å². The van der Waals surface area contributed by atoms with Gasteiger partial charge in [0.15, 0.2) is 0 Å². The van der Waals surface area contributed by atoms with E-state index in [0.29, 0.717) is 13.2 Å². The summed E-state index contributed by atoms with van der Waals surface area (Å²) in [5.74, 6) is -0.537. The molecule has 0 fully saturated rings. The molecule has 1 aromatic heterocycles. The molecule has 1 atom stereocenters. The zero-order chi connectivity index (χ0) is 12.7. The van der Waals surface area contributed by atoms with Crippen LogP contribution in [0, 0.1) is 0 Å². The minimum atomic E-state index is -0.537. The Morgan fingerprint density at radius 2 is 2.41 bits per heavy atom. The van der Waals surface area contributed by atoms with Crippen LogP contribution in [-0.2, 0) is 4.74 Å². The Morgan fingerprint density at radius 3 is 3.06 bits per heavy atom. The first-order valence-corrected chi connectivity index (χ1v) is 5.37. The van der Waals surface area contributed by atoms with Gasteiger partial charge in [-0.2, -0.15) is 0 Å². The van der Waals surface area contributed by atoms with Crippen molar-refractivity contribution in [2.45, 2.75) is 12.5 Å². The van der Waals surface area contributed by atoms with Crippen LogP contribution >= 0.6 is 0 Å². The normalized spacial score (nSPS) is 12.1. The maximum Gasteiger partial charge on any atom is 0.267 e. The van der Waals surface area contributed by atoms with Crippen LogP contribution in [0.2, 0.25) is 0 Å². The second-order valence-electron chi connectivity index (χ2n) is 3.72. The van der Waals surface area contributed by atoms with Crippen molar-refractivity contribution in [2.75, 3.05) is 25.6 Å². The molecular formula is C11H18N4O2. The number of primary amides is 1. The first kappa shape index (κ1) is 13.4. The fourth-order valence-electron chi connectivity index (χ4n) is 1.37. The number of ether oxygens (including phenoxy) is 1. The third-order valence-corrected chi connectivity index (χ3v) is 2.24. The highest BCUT2D eigenvalue weighted by Gasteiger charge is 2.04. The molecule has 0 aliphatic rings. The second kappa shape index (κ2) is 6.82. The average Bonchev–Trinajstić information content (AvgIpc) is 2.30. The molecule has 94 valence electrons. The summed E-state index contributed by atoms with van der Waals surface area (Å²) >= 11 is 0. The summed E-state index contributed by atoms with van der Waals surface area (Å²) in [5, 5.41) is 3.15. The molecule has 0 radical (unpaired) electrons. The van der Waals surface area contributed by atoms with Crippen LogP contribution in [-0.4, -0.2) is 37.2 Å². The standard InChI is InChI=1S/C11H18N4O2/c1-17-7-8(12)2-4-14-9-3-5-15-10(6-9)11(13)16/h3,5-6,8H,2,4,7,12H2,1H3,(H2,13,16)(H,14,15). The zero-order valence-corrected chi connectivity index (χ0v) is 9.85. The molecule has 1 unspecified atom stereocenters. The summed E-state index contributed by atoms with van der Waals surface area (Å²) < 4.78 is 4.93. The number of hydrogen-bond acceptors (Lipinski definition) is 5. The molecule has 0 saturated heterocycles. The fraction of sp³-hybridized carbons (Fsp3) is 0.455. The maximum absolute atomic E-state index is 10.9. The molecule has 0 bridgehead atoms. The topological polar surface area (TPSA) is 103 Å². The van der Waals surface area contributed by atoms with Gasteiger partial charge in [-0.05, 0) is 18.6 Å². The van der Waals surface area contributed by atoms with Crippen LogP contribution in [0.15, 0.2) is 18.3 Å². The summed E-state index contributed by atoms with van der Waals surface area (Å²) in [6, 6.07) is 3.39. The van der Waals surface area contributed by atoms with E-state index < -0.39 is 5.91 Å². The van der Waals surface area contributed by atoms with Gasteiger partial charge in [0.2, 0.25) is 0 Å². The molecule has 0 aliphatic carbocycles. The molecular weight excluding hydrogens is 220 g/mol. The molecule has 1 aromatic rings. The summed E-state index contributed by atoms with van der Waals surface area (Å²) in [6.45, 7) is 1.23. The molecule has 5 N–H and O–H groups in total. The van der Waals surface area contributed by atoms with E-state index in [9.17, 15) is 4.79 Å². The van der Waals surface area contributed by atoms with Gasteiger partial charge in [-0.1, -0.05) is 0 Å². The number of pyridine rings is 1. The van der Waals surface area contributed by atoms with Gasteiger partial charge in [0.1, 0.15) is 5.69 Å². The van der Waals surface area contributed by atoms with Gasteiger partial charge in [-0.3, -0.25) is 9.78 Å². The molecule has 1 amide bonds. The number of aromatic nitrogens is 1. The van der Waals surface area contributed by atoms with Crippen LogP contribution < -0.4 is 16.8 Å². The minimum absolute atomic E-state index is 0.00458. The predicted octanol–water partition coefficient (Wildman–Crippen LogP) is -0.0438. The number of amides is 1. The molecule has 0 spiro atoms. The van der Waals surface area contributed by atoms with Crippen LogP contribution in [0.4, 0.5) is 5.69 Å². The number of methoxy groups -OCH3 is 1. The number of hydrogen-bond donors (Lipinski definition) is 3. The SMILES string of the molecule is COCC(N)CCNc1ccnc(C(N)=O)c1.